The number of rotatable bonds is 6. The zero-order valence-corrected chi connectivity index (χ0v) is 15.3. The number of nitrogens with zero attached hydrogens (tertiary/aromatic N) is 1. The number of amides is 1. The molecule has 1 amide bonds. The smallest absolute Gasteiger partial charge is 0.244 e. The number of pyridine rings is 1. The molecule has 6 nitrogen and oxygen atoms in total. The molecule has 0 fully saturated rings. The SMILES string of the molecule is O=C(/C=C/c1ccc2c(c1)OCO2)NCc1ccc(Oc2cccnc2)c(F)c1. The molecule has 146 valence electrons. The number of carbonyl (C=O) groups excluding carboxylic acids is 1. The van der Waals surface area contributed by atoms with Crippen LogP contribution in [0.1, 0.15) is 11.1 Å². The molecule has 3 aromatic rings. The molecule has 0 saturated carbocycles. The number of ether oxygens (including phenoxy) is 3. The fourth-order valence-corrected chi connectivity index (χ4v) is 2.71. The quantitative estimate of drug-likeness (QED) is 0.641. The van der Waals surface area contributed by atoms with E-state index in [4.69, 9.17) is 14.2 Å². The van der Waals surface area contributed by atoms with Gasteiger partial charge in [-0.15, -0.1) is 0 Å². The Bertz CT molecular complexity index is 1050. The Balaban J connectivity index is 1.32. The van der Waals surface area contributed by atoms with Crippen LogP contribution in [-0.4, -0.2) is 17.7 Å². The van der Waals surface area contributed by atoms with E-state index >= 15 is 0 Å². The van der Waals surface area contributed by atoms with Gasteiger partial charge >= 0.3 is 0 Å². The number of carbonyl (C=O) groups is 1. The number of benzene rings is 2. The summed E-state index contributed by atoms with van der Waals surface area (Å²) >= 11 is 0. The van der Waals surface area contributed by atoms with Gasteiger partial charge in [-0.05, 0) is 53.6 Å². The lowest BCUT2D eigenvalue weighted by Gasteiger charge is -2.08. The molecule has 0 atom stereocenters. The number of hydrogen-bond donors (Lipinski definition) is 1. The van der Waals surface area contributed by atoms with Crippen LogP contribution in [0.4, 0.5) is 4.39 Å². The van der Waals surface area contributed by atoms with E-state index in [0.29, 0.717) is 22.8 Å². The third-order valence-corrected chi connectivity index (χ3v) is 4.15. The first kappa shape index (κ1) is 18.5. The second kappa shape index (κ2) is 8.43. The highest BCUT2D eigenvalue weighted by Gasteiger charge is 2.12. The Morgan fingerprint density at radius 1 is 1.17 bits per heavy atom. The topological polar surface area (TPSA) is 69.7 Å². The number of hydrogen-bond acceptors (Lipinski definition) is 5. The van der Waals surface area contributed by atoms with Crippen molar-refractivity contribution in [3.8, 4) is 23.0 Å². The first-order valence-electron chi connectivity index (χ1n) is 8.89. The van der Waals surface area contributed by atoms with Crippen LogP contribution in [0, 0.1) is 5.82 Å². The average Bonchev–Trinajstić information content (AvgIpc) is 3.21. The van der Waals surface area contributed by atoms with Crippen LogP contribution in [-0.2, 0) is 11.3 Å². The van der Waals surface area contributed by atoms with E-state index in [-0.39, 0.29) is 25.0 Å². The first-order valence-corrected chi connectivity index (χ1v) is 8.89. The maximum atomic E-state index is 14.2. The van der Waals surface area contributed by atoms with Crippen molar-refractivity contribution in [3.63, 3.8) is 0 Å². The zero-order chi connectivity index (χ0) is 20.1. The number of fused-ring (bicyclic) bond motifs is 1. The molecule has 1 N–H and O–H groups in total. The molecule has 2 aromatic carbocycles. The molecule has 0 aliphatic carbocycles. The van der Waals surface area contributed by atoms with Crippen molar-refractivity contribution in [2.75, 3.05) is 6.79 Å². The van der Waals surface area contributed by atoms with Gasteiger partial charge < -0.3 is 19.5 Å². The van der Waals surface area contributed by atoms with Crippen molar-refractivity contribution >= 4 is 12.0 Å². The van der Waals surface area contributed by atoms with Crippen molar-refractivity contribution in [3.05, 3.63) is 83.9 Å². The van der Waals surface area contributed by atoms with Gasteiger partial charge in [0, 0.05) is 18.8 Å². The molecular weight excluding hydrogens is 375 g/mol. The number of halogens is 1. The van der Waals surface area contributed by atoms with Crippen molar-refractivity contribution in [2.24, 2.45) is 0 Å². The Hall–Kier alpha value is -3.87. The van der Waals surface area contributed by atoms with E-state index in [2.05, 4.69) is 10.3 Å². The van der Waals surface area contributed by atoms with E-state index in [1.54, 1.807) is 42.6 Å². The summed E-state index contributed by atoms with van der Waals surface area (Å²) in [6.07, 6.45) is 6.19. The Kier molecular flexibility index (Phi) is 5.38. The zero-order valence-electron chi connectivity index (χ0n) is 15.3. The Morgan fingerprint density at radius 3 is 2.90 bits per heavy atom. The molecule has 0 spiro atoms. The van der Waals surface area contributed by atoms with Crippen LogP contribution in [0.3, 0.4) is 0 Å². The van der Waals surface area contributed by atoms with Crippen LogP contribution in [0.15, 0.2) is 67.0 Å². The van der Waals surface area contributed by atoms with Gasteiger partial charge in [0.1, 0.15) is 5.75 Å². The summed E-state index contributed by atoms with van der Waals surface area (Å²) in [5.74, 6) is 1.06. The van der Waals surface area contributed by atoms with Crippen molar-refractivity contribution in [1.29, 1.82) is 0 Å². The molecule has 1 aromatic heterocycles. The molecule has 0 unspecified atom stereocenters. The van der Waals surface area contributed by atoms with Gasteiger partial charge in [0.25, 0.3) is 0 Å². The lowest BCUT2D eigenvalue weighted by Crippen LogP contribution is -2.20. The third-order valence-electron chi connectivity index (χ3n) is 4.15. The minimum atomic E-state index is -0.517. The molecule has 0 saturated heterocycles. The van der Waals surface area contributed by atoms with Crippen molar-refractivity contribution in [1.82, 2.24) is 10.3 Å². The van der Waals surface area contributed by atoms with Gasteiger partial charge in [-0.1, -0.05) is 12.1 Å². The molecule has 29 heavy (non-hydrogen) atoms. The molecule has 0 radical (unpaired) electrons. The van der Waals surface area contributed by atoms with Crippen LogP contribution in [0.2, 0.25) is 0 Å². The van der Waals surface area contributed by atoms with Gasteiger partial charge in [-0.25, -0.2) is 4.39 Å². The Morgan fingerprint density at radius 2 is 2.07 bits per heavy atom. The van der Waals surface area contributed by atoms with Gasteiger partial charge in [-0.3, -0.25) is 9.78 Å². The summed E-state index contributed by atoms with van der Waals surface area (Å²) in [6.45, 7) is 0.389. The van der Waals surface area contributed by atoms with Gasteiger partial charge in [0.15, 0.2) is 23.1 Å². The second-order valence-electron chi connectivity index (χ2n) is 6.22. The second-order valence-corrected chi connectivity index (χ2v) is 6.22. The molecule has 7 heteroatoms. The minimum Gasteiger partial charge on any atom is -0.454 e. The predicted octanol–water partition coefficient (Wildman–Crippen LogP) is 4.07. The standard InChI is InChI=1S/C22H17FN2O4/c23-18-10-16(4-6-19(18)29-17-2-1-9-24-13-17)12-25-22(26)8-5-15-3-7-20-21(11-15)28-14-27-20/h1-11,13H,12,14H2,(H,25,26)/b8-5+. The van der Waals surface area contributed by atoms with Crippen LogP contribution in [0.25, 0.3) is 6.08 Å². The highest BCUT2D eigenvalue weighted by molar-refractivity contribution is 5.91. The van der Waals surface area contributed by atoms with E-state index in [1.807, 2.05) is 6.07 Å². The minimum absolute atomic E-state index is 0.0933. The third kappa shape index (κ3) is 4.70. The highest BCUT2D eigenvalue weighted by Crippen LogP contribution is 2.32. The summed E-state index contributed by atoms with van der Waals surface area (Å²) < 4.78 is 30.3. The normalized spacial score (nSPS) is 12.2. The summed E-state index contributed by atoms with van der Waals surface area (Å²) in [7, 11) is 0. The van der Waals surface area contributed by atoms with Gasteiger partial charge in [0.05, 0.1) is 6.20 Å². The van der Waals surface area contributed by atoms with Crippen LogP contribution >= 0.6 is 0 Å². The van der Waals surface area contributed by atoms with Gasteiger partial charge in [-0.2, -0.15) is 0 Å². The molecule has 4 rings (SSSR count). The molecule has 0 bridgehead atoms. The molecule has 1 aliphatic rings. The van der Waals surface area contributed by atoms with E-state index in [1.165, 1.54) is 24.4 Å². The lowest BCUT2D eigenvalue weighted by molar-refractivity contribution is -0.116. The van der Waals surface area contributed by atoms with E-state index in [0.717, 1.165) is 5.56 Å². The average molecular weight is 392 g/mol. The summed E-state index contributed by atoms with van der Waals surface area (Å²) in [4.78, 5) is 16.0. The monoisotopic (exact) mass is 392 g/mol. The molecule has 1 aliphatic heterocycles. The van der Waals surface area contributed by atoms with E-state index in [9.17, 15) is 9.18 Å². The predicted molar refractivity (Wildman–Crippen MR) is 104 cm³/mol. The molecular formula is C22H17FN2O4. The van der Waals surface area contributed by atoms with Crippen molar-refractivity contribution < 1.29 is 23.4 Å². The maximum Gasteiger partial charge on any atom is 0.244 e. The fourth-order valence-electron chi connectivity index (χ4n) is 2.71. The van der Waals surface area contributed by atoms with Crippen molar-refractivity contribution in [2.45, 2.75) is 6.54 Å². The molecule has 2 heterocycles. The number of nitrogens with one attached hydrogen (secondary N) is 1. The summed E-state index contributed by atoms with van der Waals surface area (Å²) in [6, 6.07) is 13.3. The lowest BCUT2D eigenvalue weighted by atomic mass is 10.2. The van der Waals surface area contributed by atoms with E-state index < -0.39 is 5.82 Å². The van der Waals surface area contributed by atoms with Crippen LogP contribution in [0.5, 0.6) is 23.0 Å². The summed E-state index contributed by atoms with van der Waals surface area (Å²) in [5.41, 5.74) is 1.43. The first-order chi connectivity index (χ1) is 14.2. The Labute approximate surface area is 166 Å². The fraction of sp³-hybridized carbons (Fsp3) is 0.0909. The van der Waals surface area contributed by atoms with Crippen LogP contribution < -0.4 is 19.5 Å². The summed E-state index contributed by atoms with van der Waals surface area (Å²) in [5, 5.41) is 2.72. The number of aromatic nitrogens is 1. The largest absolute Gasteiger partial charge is 0.454 e. The maximum absolute atomic E-state index is 14.2. The highest BCUT2D eigenvalue weighted by atomic mass is 19.1. The van der Waals surface area contributed by atoms with Gasteiger partial charge in [0.2, 0.25) is 12.7 Å².